The number of aromatic amines is 1. The summed E-state index contributed by atoms with van der Waals surface area (Å²) in [5.41, 5.74) is 6.05. The Morgan fingerprint density at radius 1 is 1.57 bits per heavy atom. The molecule has 2 rings (SSSR count). The van der Waals surface area contributed by atoms with Gasteiger partial charge in [-0.1, -0.05) is 0 Å². The molecule has 0 amide bonds. The SMILES string of the molecule is Cn1ncc(C(=O)c2cn[nH]c2N)n1. The highest BCUT2D eigenvalue weighted by molar-refractivity contribution is 6.10. The highest BCUT2D eigenvalue weighted by Gasteiger charge is 2.16. The lowest BCUT2D eigenvalue weighted by Crippen LogP contribution is -2.05. The van der Waals surface area contributed by atoms with Crippen molar-refractivity contribution in [2.45, 2.75) is 0 Å². The Kier molecular flexibility index (Phi) is 1.77. The number of carbonyl (C=O) groups is 1. The molecule has 0 saturated heterocycles. The van der Waals surface area contributed by atoms with E-state index in [4.69, 9.17) is 5.73 Å². The molecule has 7 heteroatoms. The summed E-state index contributed by atoms with van der Waals surface area (Å²) in [6.45, 7) is 0. The first kappa shape index (κ1) is 8.42. The lowest BCUT2D eigenvalue weighted by atomic mass is 10.2. The molecule has 0 fully saturated rings. The van der Waals surface area contributed by atoms with Crippen molar-refractivity contribution in [2.24, 2.45) is 7.05 Å². The van der Waals surface area contributed by atoms with Crippen LogP contribution in [0.25, 0.3) is 0 Å². The van der Waals surface area contributed by atoms with Crippen LogP contribution in [0.4, 0.5) is 5.82 Å². The summed E-state index contributed by atoms with van der Waals surface area (Å²) < 4.78 is 0. The van der Waals surface area contributed by atoms with Crippen LogP contribution in [0.15, 0.2) is 12.4 Å². The zero-order chi connectivity index (χ0) is 10.1. The van der Waals surface area contributed by atoms with E-state index in [1.54, 1.807) is 7.05 Å². The van der Waals surface area contributed by atoms with Gasteiger partial charge in [0.1, 0.15) is 5.82 Å². The van der Waals surface area contributed by atoms with Gasteiger partial charge in [0.2, 0.25) is 5.78 Å². The number of nitrogens with one attached hydrogen (secondary N) is 1. The minimum absolute atomic E-state index is 0.237. The van der Waals surface area contributed by atoms with Gasteiger partial charge >= 0.3 is 0 Å². The fraction of sp³-hybridized carbons (Fsp3) is 0.143. The number of carbonyl (C=O) groups excluding carboxylic acids is 1. The van der Waals surface area contributed by atoms with E-state index < -0.39 is 0 Å². The zero-order valence-corrected chi connectivity index (χ0v) is 7.43. The molecule has 0 radical (unpaired) electrons. The van der Waals surface area contributed by atoms with E-state index in [1.807, 2.05) is 0 Å². The van der Waals surface area contributed by atoms with E-state index in [-0.39, 0.29) is 17.3 Å². The van der Waals surface area contributed by atoms with Crippen molar-refractivity contribution >= 4 is 11.6 Å². The number of ketones is 1. The van der Waals surface area contributed by atoms with Crippen LogP contribution in [0.2, 0.25) is 0 Å². The summed E-state index contributed by atoms with van der Waals surface area (Å²) in [4.78, 5) is 13.0. The molecule has 3 N–H and O–H groups in total. The molecule has 72 valence electrons. The summed E-state index contributed by atoms with van der Waals surface area (Å²) in [7, 11) is 1.63. The lowest BCUT2D eigenvalue weighted by molar-refractivity contribution is 0.103. The molecule has 2 aromatic rings. The van der Waals surface area contributed by atoms with Gasteiger partial charge < -0.3 is 5.73 Å². The van der Waals surface area contributed by atoms with Gasteiger partial charge in [-0.15, -0.1) is 0 Å². The smallest absolute Gasteiger partial charge is 0.220 e. The topological polar surface area (TPSA) is 102 Å². The molecule has 7 nitrogen and oxygen atoms in total. The fourth-order valence-electron chi connectivity index (χ4n) is 1.06. The molecule has 0 unspecified atom stereocenters. The molecule has 0 aliphatic carbocycles. The molecular weight excluding hydrogens is 184 g/mol. The predicted octanol–water partition coefficient (Wildman–Crippen LogP) is -0.649. The van der Waals surface area contributed by atoms with E-state index in [0.29, 0.717) is 5.56 Å². The van der Waals surface area contributed by atoms with Crippen molar-refractivity contribution in [1.29, 1.82) is 0 Å². The van der Waals surface area contributed by atoms with Crippen LogP contribution in [0, 0.1) is 0 Å². The van der Waals surface area contributed by atoms with Crippen molar-refractivity contribution < 1.29 is 4.79 Å². The summed E-state index contributed by atoms with van der Waals surface area (Å²) >= 11 is 0. The number of hydrogen-bond donors (Lipinski definition) is 2. The van der Waals surface area contributed by atoms with Crippen molar-refractivity contribution in [3.63, 3.8) is 0 Å². The molecule has 14 heavy (non-hydrogen) atoms. The first-order chi connectivity index (χ1) is 6.68. The van der Waals surface area contributed by atoms with E-state index in [9.17, 15) is 4.79 Å². The average Bonchev–Trinajstić information content (AvgIpc) is 2.73. The van der Waals surface area contributed by atoms with Crippen LogP contribution < -0.4 is 5.73 Å². The van der Waals surface area contributed by atoms with Crippen LogP contribution in [0.5, 0.6) is 0 Å². The van der Waals surface area contributed by atoms with Gasteiger partial charge in [0.25, 0.3) is 0 Å². The average molecular weight is 192 g/mol. The van der Waals surface area contributed by atoms with Crippen molar-refractivity contribution in [3.05, 3.63) is 23.7 Å². The highest BCUT2D eigenvalue weighted by Crippen LogP contribution is 2.10. The second-order valence-corrected chi connectivity index (χ2v) is 2.75. The molecule has 0 aromatic carbocycles. The summed E-state index contributed by atoms with van der Waals surface area (Å²) in [6, 6.07) is 0. The van der Waals surface area contributed by atoms with E-state index in [0.717, 1.165) is 0 Å². The molecular formula is C7H8N6O. The summed E-state index contributed by atoms with van der Waals surface area (Å²) in [5.74, 6) is -0.0509. The Morgan fingerprint density at radius 2 is 2.36 bits per heavy atom. The number of nitrogens with zero attached hydrogens (tertiary/aromatic N) is 4. The maximum Gasteiger partial charge on any atom is 0.220 e. The minimum atomic E-state index is -0.288. The quantitative estimate of drug-likeness (QED) is 0.615. The number of H-pyrrole nitrogens is 1. The second kappa shape index (κ2) is 2.95. The fourth-order valence-corrected chi connectivity index (χ4v) is 1.06. The second-order valence-electron chi connectivity index (χ2n) is 2.75. The lowest BCUT2D eigenvalue weighted by Gasteiger charge is -1.92. The van der Waals surface area contributed by atoms with Gasteiger partial charge in [0.05, 0.1) is 18.0 Å². The van der Waals surface area contributed by atoms with Crippen LogP contribution >= 0.6 is 0 Å². The Morgan fingerprint density at radius 3 is 2.86 bits per heavy atom. The summed E-state index contributed by atoms with van der Waals surface area (Å²) in [5, 5.41) is 13.8. The standard InChI is InChI=1S/C7H8N6O/c1-13-10-3-5(12-13)6(14)4-2-9-11-7(4)8/h2-3H,1H3,(H3,8,9,11). The number of aromatic nitrogens is 5. The summed E-state index contributed by atoms with van der Waals surface area (Å²) in [6.07, 6.45) is 2.75. The van der Waals surface area contributed by atoms with Gasteiger partial charge in [-0.2, -0.15) is 20.1 Å². The van der Waals surface area contributed by atoms with Crippen LogP contribution in [0.1, 0.15) is 16.1 Å². The number of nitrogens with two attached hydrogens (primary N) is 1. The van der Waals surface area contributed by atoms with Crippen LogP contribution in [0.3, 0.4) is 0 Å². The maximum absolute atomic E-state index is 11.7. The largest absolute Gasteiger partial charge is 0.383 e. The number of nitrogen functional groups attached to an aromatic ring is 1. The van der Waals surface area contributed by atoms with Gasteiger partial charge in [-0.25, -0.2) is 0 Å². The molecule has 2 heterocycles. The molecule has 0 saturated carbocycles. The highest BCUT2D eigenvalue weighted by atomic mass is 16.1. The van der Waals surface area contributed by atoms with Gasteiger partial charge in [0.15, 0.2) is 5.69 Å². The van der Waals surface area contributed by atoms with E-state index in [1.165, 1.54) is 17.2 Å². The zero-order valence-electron chi connectivity index (χ0n) is 7.43. The molecule has 0 aliphatic heterocycles. The predicted molar refractivity (Wildman–Crippen MR) is 47.4 cm³/mol. The molecule has 0 atom stereocenters. The molecule has 0 bridgehead atoms. The molecule has 0 spiro atoms. The van der Waals surface area contributed by atoms with Gasteiger partial charge in [-0.05, 0) is 0 Å². The molecule has 0 aliphatic rings. The number of anilines is 1. The maximum atomic E-state index is 11.7. The number of rotatable bonds is 2. The van der Waals surface area contributed by atoms with Crippen molar-refractivity contribution in [2.75, 3.05) is 5.73 Å². The number of aryl methyl sites for hydroxylation is 1. The monoisotopic (exact) mass is 192 g/mol. The van der Waals surface area contributed by atoms with E-state index in [2.05, 4.69) is 20.4 Å². The first-order valence-electron chi connectivity index (χ1n) is 3.88. The third kappa shape index (κ3) is 1.24. The van der Waals surface area contributed by atoms with Crippen LogP contribution in [-0.4, -0.2) is 31.0 Å². The Balaban J connectivity index is 2.38. The Bertz CT molecular complexity index is 470. The van der Waals surface area contributed by atoms with Crippen LogP contribution in [-0.2, 0) is 7.05 Å². The third-order valence-corrected chi connectivity index (χ3v) is 1.75. The Labute approximate surface area is 78.9 Å². The Hall–Kier alpha value is -2.18. The number of hydrogen-bond acceptors (Lipinski definition) is 5. The van der Waals surface area contributed by atoms with Crippen molar-refractivity contribution in [1.82, 2.24) is 25.2 Å². The minimum Gasteiger partial charge on any atom is -0.383 e. The third-order valence-electron chi connectivity index (χ3n) is 1.75. The van der Waals surface area contributed by atoms with Gasteiger partial charge in [-0.3, -0.25) is 9.89 Å². The normalized spacial score (nSPS) is 10.4. The molecule has 2 aromatic heterocycles. The van der Waals surface area contributed by atoms with E-state index >= 15 is 0 Å². The van der Waals surface area contributed by atoms with Gasteiger partial charge in [0, 0.05) is 7.05 Å². The first-order valence-corrected chi connectivity index (χ1v) is 3.88. The van der Waals surface area contributed by atoms with Crippen molar-refractivity contribution in [3.8, 4) is 0 Å².